The monoisotopic (exact) mass is 270 g/mol. The van der Waals surface area contributed by atoms with Gasteiger partial charge in [-0.25, -0.2) is 9.97 Å². The van der Waals surface area contributed by atoms with Gasteiger partial charge in [-0.3, -0.25) is 0 Å². The molecule has 2 aromatic rings. The lowest BCUT2D eigenvalue weighted by atomic mass is 10.1. The zero-order valence-corrected chi connectivity index (χ0v) is 10.8. The van der Waals surface area contributed by atoms with Crippen LogP contribution in [-0.4, -0.2) is 16.2 Å². The second-order valence-electron chi connectivity index (χ2n) is 3.05. The largest absolute Gasteiger partial charge is 0.231 e. The van der Waals surface area contributed by atoms with Crippen LogP contribution in [0.2, 0.25) is 10.0 Å². The van der Waals surface area contributed by atoms with Crippen LogP contribution in [0.5, 0.6) is 0 Å². The maximum Gasteiger partial charge on any atom is 0.187 e. The van der Waals surface area contributed by atoms with Gasteiger partial charge in [-0.05, 0) is 30.5 Å². The van der Waals surface area contributed by atoms with Crippen molar-refractivity contribution < 1.29 is 0 Å². The fourth-order valence-electron chi connectivity index (χ4n) is 1.28. The van der Waals surface area contributed by atoms with E-state index in [-0.39, 0.29) is 0 Å². The smallest absolute Gasteiger partial charge is 0.187 e. The van der Waals surface area contributed by atoms with E-state index in [0.717, 1.165) is 11.3 Å². The van der Waals surface area contributed by atoms with Crippen molar-refractivity contribution >= 4 is 35.0 Å². The third kappa shape index (κ3) is 2.48. The molecule has 0 unspecified atom stereocenters. The summed E-state index contributed by atoms with van der Waals surface area (Å²) in [5, 5.41) is 1.99. The number of rotatable bonds is 2. The summed E-state index contributed by atoms with van der Waals surface area (Å²) >= 11 is 13.5. The molecule has 0 spiro atoms. The molecule has 1 aromatic heterocycles. The highest BCUT2D eigenvalue weighted by atomic mass is 35.5. The standard InChI is InChI=1S/C11H8Cl2N2S/c1-16-11-14-5-4-10(15-11)8-6-7(12)2-3-9(8)13/h2-6H,1H3. The van der Waals surface area contributed by atoms with Gasteiger partial charge in [-0.15, -0.1) is 0 Å². The molecule has 2 nitrogen and oxygen atoms in total. The van der Waals surface area contributed by atoms with Gasteiger partial charge in [0.25, 0.3) is 0 Å². The average molecular weight is 271 g/mol. The molecule has 0 aliphatic carbocycles. The first kappa shape index (κ1) is 11.7. The van der Waals surface area contributed by atoms with Crippen molar-refractivity contribution in [3.63, 3.8) is 0 Å². The van der Waals surface area contributed by atoms with Gasteiger partial charge in [0.05, 0.1) is 10.7 Å². The first-order chi connectivity index (χ1) is 7.70. The van der Waals surface area contributed by atoms with Gasteiger partial charge < -0.3 is 0 Å². The van der Waals surface area contributed by atoms with Crippen molar-refractivity contribution in [1.82, 2.24) is 9.97 Å². The molecule has 0 fully saturated rings. The van der Waals surface area contributed by atoms with Crippen LogP contribution in [0.3, 0.4) is 0 Å². The molecule has 0 bridgehead atoms. The number of nitrogens with zero attached hydrogens (tertiary/aromatic N) is 2. The topological polar surface area (TPSA) is 25.8 Å². The van der Waals surface area contributed by atoms with Crippen LogP contribution in [0, 0.1) is 0 Å². The number of hydrogen-bond acceptors (Lipinski definition) is 3. The molecule has 0 aliphatic rings. The third-order valence-electron chi connectivity index (χ3n) is 2.02. The lowest BCUT2D eigenvalue weighted by Crippen LogP contribution is -1.89. The van der Waals surface area contributed by atoms with E-state index in [1.807, 2.05) is 12.3 Å². The SMILES string of the molecule is CSc1nccc(-c2cc(Cl)ccc2Cl)n1. The molecule has 16 heavy (non-hydrogen) atoms. The van der Waals surface area contributed by atoms with E-state index in [4.69, 9.17) is 23.2 Å². The summed E-state index contributed by atoms with van der Waals surface area (Å²) in [7, 11) is 0. The van der Waals surface area contributed by atoms with Crippen LogP contribution in [0.15, 0.2) is 35.6 Å². The van der Waals surface area contributed by atoms with Gasteiger partial charge in [0.1, 0.15) is 0 Å². The van der Waals surface area contributed by atoms with Crippen molar-refractivity contribution in [2.24, 2.45) is 0 Å². The minimum Gasteiger partial charge on any atom is -0.231 e. The second kappa shape index (κ2) is 5.04. The molecule has 0 saturated carbocycles. The van der Waals surface area contributed by atoms with Crippen molar-refractivity contribution in [3.8, 4) is 11.3 Å². The number of aromatic nitrogens is 2. The molecule has 0 radical (unpaired) electrons. The maximum atomic E-state index is 6.10. The van der Waals surface area contributed by atoms with E-state index in [9.17, 15) is 0 Å². The van der Waals surface area contributed by atoms with Crippen LogP contribution < -0.4 is 0 Å². The molecule has 5 heteroatoms. The number of hydrogen-bond donors (Lipinski definition) is 0. The highest BCUT2D eigenvalue weighted by Gasteiger charge is 2.06. The summed E-state index contributed by atoms with van der Waals surface area (Å²) in [4.78, 5) is 8.48. The fraction of sp³-hybridized carbons (Fsp3) is 0.0909. The van der Waals surface area contributed by atoms with Crippen molar-refractivity contribution in [2.45, 2.75) is 5.16 Å². The predicted octanol–water partition coefficient (Wildman–Crippen LogP) is 4.17. The summed E-state index contributed by atoms with van der Waals surface area (Å²) in [5.41, 5.74) is 1.61. The molecule has 82 valence electrons. The summed E-state index contributed by atoms with van der Waals surface area (Å²) in [6, 6.07) is 7.14. The molecule has 0 aliphatic heterocycles. The van der Waals surface area contributed by atoms with Crippen molar-refractivity contribution in [3.05, 3.63) is 40.5 Å². The number of thioether (sulfide) groups is 1. The minimum absolute atomic E-state index is 0.634. The number of benzene rings is 1. The van der Waals surface area contributed by atoms with Crippen LogP contribution in [0.25, 0.3) is 11.3 Å². The molecule has 1 heterocycles. The van der Waals surface area contributed by atoms with E-state index in [2.05, 4.69) is 9.97 Å². The van der Waals surface area contributed by atoms with Gasteiger partial charge in [0.2, 0.25) is 0 Å². The van der Waals surface area contributed by atoms with E-state index in [1.54, 1.807) is 24.4 Å². The molecule has 0 N–H and O–H groups in total. The van der Waals surface area contributed by atoms with Gasteiger partial charge >= 0.3 is 0 Å². The zero-order chi connectivity index (χ0) is 11.5. The summed E-state index contributed by atoms with van der Waals surface area (Å²) in [5.74, 6) is 0. The van der Waals surface area contributed by atoms with Gasteiger partial charge in [-0.1, -0.05) is 35.0 Å². The first-order valence-corrected chi connectivity index (χ1v) is 6.51. The van der Waals surface area contributed by atoms with E-state index >= 15 is 0 Å². The lowest BCUT2D eigenvalue weighted by Gasteiger charge is -2.05. The normalized spacial score (nSPS) is 10.4. The molecular formula is C11H8Cl2N2S. The molecule has 0 atom stereocenters. The average Bonchev–Trinajstić information content (AvgIpc) is 2.32. The van der Waals surface area contributed by atoms with Gasteiger partial charge in [0.15, 0.2) is 5.16 Å². The Balaban J connectivity index is 2.53. The second-order valence-corrected chi connectivity index (χ2v) is 4.67. The first-order valence-electron chi connectivity index (χ1n) is 4.53. The van der Waals surface area contributed by atoms with Crippen LogP contribution in [-0.2, 0) is 0 Å². The van der Waals surface area contributed by atoms with Crippen molar-refractivity contribution in [2.75, 3.05) is 6.26 Å². The molecule has 0 saturated heterocycles. The Labute approximate surface area is 108 Å². The highest BCUT2D eigenvalue weighted by molar-refractivity contribution is 7.98. The third-order valence-corrected chi connectivity index (χ3v) is 3.15. The van der Waals surface area contributed by atoms with Crippen LogP contribution in [0.1, 0.15) is 0 Å². The van der Waals surface area contributed by atoms with E-state index in [0.29, 0.717) is 15.2 Å². The quantitative estimate of drug-likeness (QED) is 0.605. The Bertz CT molecular complexity index is 517. The van der Waals surface area contributed by atoms with Gasteiger partial charge in [0, 0.05) is 16.8 Å². The maximum absolute atomic E-state index is 6.10. The summed E-state index contributed by atoms with van der Waals surface area (Å²) in [6.45, 7) is 0. The molecule has 1 aromatic carbocycles. The molecular weight excluding hydrogens is 263 g/mol. The Hall–Kier alpha value is -0.770. The van der Waals surface area contributed by atoms with E-state index in [1.165, 1.54) is 11.8 Å². The lowest BCUT2D eigenvalue weighted by molar-refractivity contribution is 0.976. The molecule has 0 amide bonds. The highest BCUT2D eigenvalue weighted by Crippen LogP contribution is 2.29. The predicted molar refractivity (Wildman–Crippen MR) is 69.3 cm³/mol. The van der Waals surface area contributed by atoms with Gasteiger partial charge in [-0.2, -0.15) is 0 Å². The Morgan fingerprint density at radius 3 is 2.75 bits per heavy atom. The Morgan fingerprint density at radius 1 is 1.19 bits per heavy atom. The summed E-state index contributed by atoms with van der Waals surface area (Å²) in [6.07, 6.45) is 3.64. The van der Waals surface area contributed by atoms with Crippen molar-refractivity contribution in [1.29, 1.82) is 0 Å². The summed E-state index contributed by atoms with van der Waals surface area (Å²) < 4.78 is 0. The number of halogens is 2. The van der Waals surface area contributed by atoms with E-state index < -0.39 is 0 Å². The molecule has 2 rings (SSSR count). The van der Waals surface area contributed by atoms with Crippen LogP contribution >= 0.6 is 35.0 Å². The zero-order valence-electron chi connectivity index (χ0n) is 8.45. The fourth-order valence-corrected chi connectivity index (χ4v) is 2.03. The Kier molecular flexibility index (Phi) is 3.69. The minimum atomic E-state index is 0.634. The Morgan fingerprint density at radius 2 is 2.00 bits per heavy atom. The van der Waals surface area contributed by atoms with Crippen LogP contribution in [0.4, 0.5) is 0 Å².